The maximum absolute atomic E-state index is 11.3. The van der Waals surface area contributed by atoms with Gasteiger partial charge in [0.25, 0.3) is 0 Å². The Labute approximate surface area is 111 Å². The Kier molecular flexibility index (Phi) is 3.40. The van der Waals surface area contributed by atoms with E-state index in [1.807, 2.05) is 12.1 Å². The lowest BCUT2D eigenvalue weighted by Crippen LogP contribution is -2.31. The van der Waals surface area contributed by atoms with Crippen LogP contribution in [0.15, 0.2) is 23.0 Å². The summed E-state index contributed by atoms with van der Waals surface area (Å²) in [7, 11) is 0. The topological polar surface area (TPSA) is 69.9 Å². The molecule has 5 heteroatoms. The predicted octanol–water partition coefficient (Wildman–Crippen LogP) is 1.69. The van der Waals surface area contributed by atoms with Crippen molar-refractivity contribution in [1.82, 2.24) is 15.3 Å². The molecule has 0 amide bonds. The quantitative estimate of drug-likeness (QED) is 0.784. The molecule has 3 N–H and O–H groups in total. The maximum atomic E-state index is 11.3. The van der Waals surface area contributed by atoms with Crippen molar-refractivity contribution in [1.29, 1.82) is 0 Å². The third-order valence-corrected chi connectivity index (χ3v) is 3.66. The zero-order valence-electron chi connectivity index (χ0n) is 11.0. The highest BCUT2D eigenvalue weighted by Gasteiger charge is 2.26. The molecule has 0 bridgehead atoms. The highest BCUT2D eigenvalue weighted by molar-refractivity contribution is 5.75. The van der Waals surface area contributed by atoms with Gasteiger partial charge in [-0.25, -0.2) is 4.79 Å². The highest BCUT2D eigenvalue weighted by Crippen LogP contribution is 2.28. The summed E-state index contributed by atoms with van der Waals surface area (Å²) < 4.78 is 5.80. The molecule has 2 unspecified atom stereocenters. The number of H-pyrrole nitrogens is 2. The van der Waals surface area contributed by atoms with Gasteiger partial charge in [0.2, 0.25) is 0 Å². The third kappa shape index (κ3) is 2.43. The number of ether oxygens (including phenoxy) is 1. The van der Waals surface area contributed by atoms with E-state index in [-0.39, 0.29) is 17.8 Å². The summed E-state index contributed by atoms with van der Waals surface area (Å²) in [5, 5.41) is 3.49. The van der Waals surface area contributed by atoms with Crippen molar-refractivity contribution in [3.05, 3.63) is 34.2 Å². The van der Waals surface area contributed by atoms with Crippen molar-refractivity contribution < 1.29 is 4.74 Å². The number of rotatable bonds is 4. The lowest BCUT2D eigenvalue weighted by Gasteiger charge is -2.24. The molecule has 2 atom stereocenters. The van der Waals surface area contributed by atoms with Crippen LogP contribution in [0.3, 0.4) is 0 Å². The van der Waals surface area contributed by atoms with Gasteiger partial charge in [-0.05, 0) is 37.1 Å². The van der Waals surface area contributed by atoms with Gasteiger partial charge in [0.1, 0.15) is 0 Å². The predicted molar refractivity (Wildman–Crippen MR) is 74.3 cm³/mol. The molecule has 0 radical (unpaired) electrons. The van der Waals surface area contributed by atoms with Gasteiger partial charge in [-0.15, -0.1) is 0 Å². The average Bonchev–Trinajstić information content (AvgIpc) is 3.02. The van der Waals surface area contributed by atoms with E-state index in [4.69, 9.17) is 4.74 Å². The summed E-state index contributed by atoms with van der Waals surface area (Å²) in [6, 6.07) is 6.22. The fraction of sp³-hybridized carbons (Fsp3) is 0.500. The first-order chi connectivity index (χ1) is 9.28. The first kappa shape index (κ1) is 12.4. The van der Waals surface area contributed by atoms with E-state index in [0.717, 1.165) is 42.6 Å². The van der Waals surface area contributed by atoms with Crippen LogP contribution in [0.1, 0.15) is 31.4 Å². The summed E-state index contributed by atoms with van der Waals surface area (Å²) in [6.07, 6.45) is 2.43. The summed E-state index contributed by atoms with van der Waals surface area (Å²) in [5.74, 6) is 0. The van der Waals surface area contributed by atoms with Crippen molar-refractivity contribution in [2.45, 2.75) is 31.9 Å². The Morgan fingerprint density at radius 3 is 3.00 bits per heavy atom. The lowest BCUT2D eigenvalue weighted by atomic mass is 9.99. The molecular formula is C14H19N3O2. The number of hydrogen-bond donors (Lipinski definition) is 3. The molecule has 1 aliphatic heterocycles. The van der Waals surface area contributed by atoms with E-state index in [9.17, 15) is 4.79 Å². The molecule has 2 aromatic rings. The molecule has 0 spiro atoms. The Balaban J connectivity index is 1.96. The number of hydrogen-bond acceptors (Lipinski definition) is 3. The summed E-state index contributed by atoms with van der Waals surface area (Å²) in [5.41, 5.74) is 2.69. The van der Waals surface area contributed by atoms with Crippen LogP contribution in [0.5, 0.6) is 0 Å². The van der Waals surface area contributed by atoms with Crippen molar-refractivity contribution in [2.24, 2.45) is 0 Å². The number of fused-ring (bicyclic) bond motifs is 1. The van der Waals surface area contributed by atoms with Crippen LogP contribution in [0.25, 0.3) is 11.0 Å². The first-order valence-electron chi connectivity index (χ1n) is 6.85. The molecular weight excluding hydrogens is 242 g/mol. The number of likely N-dealkylation sites (N-methyl/N-ethyl adjacent to an activating group) is 1. The Morgan fingerprint density at radius 1 is 1.42 bits per heavy atom. The molecule has 0 saturated carbocycles. The maximum Gasteiger partial charge on any atom is 0.323 e. The standard InChI is InChI=1S/C14H19N3O2/c1-2-15-13(12-4-3-7-19-12)9-5-6-10-11(8-9)17-14(18)16-10/h5-6,8,12-13,15H,2-4,7H2,1H3,(H2,16,17,18). The Bertz CT molecular complexity index is 610. The van der Waals surface area contributed by atoms with Gasteiger partial charge in [-0.2, -0.15) is 0 Å². The lowest BCUT2D eigenvalue weighted by molar-refractivity contribution is 0.0788. The highest BCUT2D eigenvalue weighted by atomic mass is 16.5. The number of nitrogens with one attached hydrogen (secondary N) is 3. The fourth-order valence-electron chi connectivity index (χ4n) is 2.79. The SMILES string of the molecule is CCNC(c1ccc2[nH]c(=O)[nH]c2c1)C1CCCO1. The molecule has 1 aromatic heterocycles. The number of benzene rings is 1. The van der Waals surface area contributed by atoms with Gasteiger partial charge in [0.05, 0.1) is 23.2 Å². The molecule has 2 heterocycles. The van der Waals surface area contributed by atoms with E-state index in [0.29, 0.717) is 0 Å². The molecule has 19 heavy (non-hydrogen) atoms. The summed E-state index contributed by atoms with van der Waals surface area (Å²) in [4.78, 5) is 16.9. The van der Waals surface area contributed by atoms with Crippen LogP contribution in [0.2, 0.25) is 0 Å². The molecule has 102 valence electrons. The van der Waals surface area contributed by atoms with E-state index in [1.54, 1.807) is 0 Å². The molecule has 1 saturated heterocycles. The molecule has 3 rings (SSSR count). The van der Waals surface area contributed by atoms with E-state index < -0.39 is 0 Å². The fourth-order valence-corrected chi connectivity index (χ4v) is 2.79. The van der Waals surface area contributed by atoms with Crippen molar-refractivity contribution in [2.75, 3.05) is 13.2 Å². The van der Waals surface area contributed by atoms with Crippen molar-refractivity contribution in [3.63, 3.8) is 0 Å². The average molecular weight is 261 g/mol. The van der Waals surface area contributed by atoms with Gasteiger partial charge in [0, 0.05) is 6.61 Å². The minimum Gasteiger partial charge on any atom is -0.376 e. The molecule has 0 aliphatic carbocycles. The second-order valence-corrected chi connectivity index (χ2v) is 4.97. The first-order valence-corrected chi connectivity index (χ1v) is 6.85. The normalized spacial score (nSPS) is 21.0. The van der Waals surface area contributed by atoms with Crippen molar-refractivity contribution >= 4 is 11.0 Å². The number of aromatic amines is 2. The zero-order valence-corrected chi connectivity index (χ0v) is 11.0. The van der Waals surface area contributed by atoms with E-state index in [2.05, 4.69) is 28.3 Å². The molecule has 1 aliphatic rings. The summed E-state index contributed by atoms with van der Waals surface area (Å²) in [6.45, 7) is 3.83. The largest absolute Gasteiger partial charge is 0.376 e. The smallest absolute Gasteiger partial charge is 0.323 e. The third-order valence-electron chi connectivity index (χ3n) is 3.66. The Hall–Kier alpha value is -1.59. The van der Waals surface area contributed by atoms with Gasteiger partial charge >= 0.3 is 5.69 Å². The number of imidazole rings is 1. The molecule has 1 fully saturated rings. The zero-order chi connectivity index (χ0) is 13.2. The summed E-state index contributed by atoms with van der Waals surface area (Å²) >= 11 is 0. The van der Waals surface area contributed by atoms with Gasteiger partial charge < -0.3 is 20.0 Å². The monoisotopic (exact) mass is 261 g/mol. The van der Waals surface area contributed by atoms with Crippen LogP contribution >= 0.6 is 0 Å². The van der Waals surface area contributed by atoms with Gasteiger partial charge in [0.15, 0.2) is 0 Å². The van der Waals surface area contributed by atoms with Crippen molar-refractivity contribution in [3.8, 4) is 0 Å². The van der Waals surface area contributed by atoms with E-state index in [1.165, 1.54) is 0 Å². The molecule has 5 nitrogen and oxygen atoms in total. The second-order valence-electron chi connectivity index (χ2n) is 4.97. The minimum atomic E-state index is -0.163. The van der Waals surface area contributed by atoms with E-state index >= 15 is 0 Å². The number of aromatic nitrogens is 2. The van der Waals surface area contributed by atoms with Gasteiger partial charge in [-0.1, -0.05) is 13.0 Å². The van der Waals surface area contributed by atoms with Crippen LogP contribution < -0.4 is 11.0 Å². The second kappa shape index (κ2) is 5.19. The van der Waals surface area contributed by atoms with Crippen LogP contribution in [0.4, 0.5) is 0 Å². The van der Waals surface area contributed by atoms with Crippen LogP contribution in [-0.2, 0) is 4.74 Å². The molecule has 1 aromatic carbocycles. The van der Waals surface area contributed by atoms with Gasteiger partial charge in [-0.3, -0.25) is 0 Å². The van der Waals surface area contributed by atoms with Crippen LogP contribution in [-0.4, -0.2) is 29.2 Å². The Morgan fingerprint density at radius 2 is 2.26 bits per heavy atom. The minimum absolute atomic E-state index is 0.163. The van der Waals surface area contributed by atoms with Crippen LogP contribution in [0, 0.1) is 0 Å².